The summed E-state index contributed by atoms with van der Waals surface area (Å²) in [6.45, 7) is 0. The molecule has 0 fully saturated rings. The molecule has 1 nitrogen and oxygen atoms in total. The standard InChI is InChI=1S/C2HBrO/c3-1-2-4/h1H. The first-order chi connectivity index (χ1) is 1.91. The summed E-state index contributed by atoms with van der Waals surface area (Å²) >= 11 is 2.70. The molecule has 0 saturated heterocycles. The maximum Gasteiger partial charge on any atom is 0.131 e. The Morgan fingerprint density at radius 3 is 2.25 bits per heavy atom. The minimum Gasteiger partial charge on any atom is -0.233 e. The Morgan fingerprint density at radius 2 is 2.25 bits per heavy atom. The third-order valence-electron chi connectivity index (χ3n) is 0.0445. The molecule has 0 saturated carbocycles. The van der Waals surface area contributed by atoms with Gasteiger partial charge >= 0.3 is 0 Å². The van der Waals surface area contributed by atoms with Crippen LogP contribution >= 0.6 is 15.9 Å². The van der Waals surface area contributed by atoms with Gasteiger partial charge in [-0.05, 0) is 15.9 Å². The molecular weight excluding hydrogens is 120 g/mol. The molecule has 4 heavy (non-hydrogen) atoms. The van der Waals surface area contributed by atoms with Crippen molar-refractivity contribution in [2.75, 3.05) is 0 Å². The molecule has 0 spiro atoms. The maximum atomic E-state index is 8.95. The van der Waals surface area contributed by atoms with Gasteiger partial charge in [0.05, 0.1) is 4.99 Å². The van der Waals surface area contributed by atoms with Crippen LogP contribution in [0.15, 0.2) is 4.99 Å². The van der Waals surface area contributed by atoms with Gasteiger partial charge in [-0.1, -0.05) is 0 Å². The molecular formula is C2HBrO. The molecule has 0 aliphatic heterocycles. The number of carbonyl (C=O) groups excluding carboxylic acids is 1. The van der Waals surface area contributed by atoms with E-state index in [2.05, 4.69) is 15.9 Å². The number of hydrogen-bond acceptors (Lipinski definition) is 1. The Hall–Kier alpha value is -0.0700. The number of hydrogen-bond donors (Lipinski definition) is 0. The molecule has 0 bridgehead atoms. The van der Waals surface area contributed by atoms with Gasteiger partial charge in [-0.15, -0.1) is 0 Å². The second kappa shape index (κ2) is 2.93. The lowest BCUT2D eigenvalue weighted by atomic mass is 11.2. The highest BCUT2D eigenvalue weighted by Crippen LogP contribution is 1.67. The van der Waals surface area contributed by atoms with Crippen molar-refractivity contribution in [2.24, 2.45) is 0 Å². The Balaban J connectivity index is 3.11. The van der Waals surface area contributed by atoms with E-state index in [4.69, 9.17) is 4.79 Å². The molecule has 0 rings (SSSR count). The lowest BCUT2D eigenvalue weighted by molar-refractivity contribution is 0.569. The summed E-state index contributed by atoms with van der Waals surface area (Å²) < 4.78 is 0. The molecule has 0 amide bonds. The molecule has 0 aliphatic carbocycles. The highest BCUT2D eigenvalue weighted by Gasteiger charge is 1.34. The first-order valence-electron chi connectivity index (χ1n) is 0.711. The Morgan fingerprint density at radius 1 is 2.00 bits per heavy atom. The lowest BCUT2D eigenvalue weighted by Gasteiger charge is -1.28. The van der Waals surface area contributed by atoms with Crippen molar-refractivity contribution in [3.05, 3.63) is 4.99 Å². The number of halogens is 1. The third-order valence-corrected chi connectivity index (χ3v) is 0.231. The Kier molecular flexibility index (Phi) is 2.88. The van der Waals surface area contributed by atoms with Gasteiger partial charge in [0.25, 0.3) is 0 Å². The molecule has 0 aliphatic rings. The summed E-state index contributed by atoms with van der Waals surface area (Å²) in [6.07, 6.45) is 0. The van der Waals surface area contributed by atoms with Gasteiger partial charge in [0.15, 0.2) is 0 Å². The van der Waals surface area contributed by atoms with Gasteiger partial charge in [-0.2, -0.15) is 0 Å². The van der Waals surface area contributed by atoms with Crippen LogP contribution in [0.5, 0.6) is 0 Å². The fourth-order valence-electron chi connectivity index (χ4n) is 0. The predicted molar refractivity (Wildman–Crippen MR) is 19.2 cm³/mol. The predicted octanol–water partition coefficient (Wildman–Crippen LogP) is 0.727. The summed E-state index contributed by atoms with van der Waals surface area (Å²) in [4.78, 5) is 10.1. The maximum absolute atomic E-state index is 8.95. The van der Waals surface area contributed by atoms with Crippen LogP contribution in [-0.2, 0) is 4.79 Å². The second-order valence-corrected chi connectivity index (χ2v) is 0.685. The molecule has 0 N–H and O–H groups in total. The first-order valence-corrected chi connectivity index (χ1v) is 1.63. The van der Waals surface area contributed by atoms with Crippen LogP contribution in [0.2, 0.25) is 0 Å². The quantitative estimate of drug-likeness (QED) is 0.431. The zero-order chi connectivity index (χ0) is 3.41. The van der Waals surface area contributed by atoms with Crippen molar-refractivity contribution in [3.8, 4) is 0 Å². The van der Waals surface area contributed by atoms with Crippen LogP contribution in [0.25, 0.3) is 0 Å². The highest BCUT2D eigenvalue weighted by atomic mass is 79.9. The molecule has 0 atom stereocenters. The minimum absolute atomic E-state index is 1.13. The van der Waals surface area contributed by atoms with Crippen molar-refractivity contribution in [2.45, 2.75) is 0 Å². The zero-order valence-corrected chi connectivity index (χ0v) is 3.45. The molecule has 0 unspecified atom stereocenters. The average Bonchev–Trinajstić information content (AvgIpc) is 1.37. The average molecular weight is 121 g/mol. The molecule has 0 aromatic heterocycles. The largest absolute Gasteiger partial charge is 0.233 e. The Labute approximate surface area is 32.4 Å². The molecule has 22 valence electrons. The summed E-state index contributed by atoms with van der Waals surface area (Å²) in [6, 6.07) is 0. The topological polar surface area (TPSA) is 17.1 Å². The molecule has 0 radical (unpaired) electrons. The van der Waals surface area contributed by atoms with Crippen LogP contribution in [-0.4, -0.2) is 5.94 Å². The van der Waals surface area contributed by atoms with Crippen molar-refractivity contribution >= 4 is 21.9 Å². The fraction of sp³-hybridized carbons (Fsp3) is 0. The van der Waals surface area contributed by atoms with Gasteiger partial charge in [0, 0.05) is 0 Å². The van der Waals surface area contributed by atoms with Crippen LogP contribution < -0.4 is 0 Å². The van der Waals surface area contributed by atoms with Crippen molar-refractivity contribution in [1.82, 2.24) is 0 Å². The van der Waals surface area contributed by atoms with Gasteiger partial charge in [-0.3, -0.25) is 0 Å². The van der Waals surface area contributed by atoms with E-state index < -0.39 is 0 Å². The lowest BCUT2D eigenvalue weighted by Crippen LogP contribution is -1.25. The highest BCUT2D eigenvalue weighted by molar-refractivity contribution is 9.11. The normalized spacial score (nSPS) is 4.25. The van der Waals surface area contributed by atoms with Crippen LogP contribution in [0, 0.1) is 0 Å². The van der Waals surface area contributed by atoms with Crippen LogP contribution in [0.4, 0.5) is 0 Å². The van der Waals surface area contributed by atoms with Gasteiger partial charge in [0.2, 0.25) is 0 Å². The van der Waals surface area contributed by atoms with E-state index in [0.717, 1.165) is 4.99 Å². The van der Waals surface area contributed by atoms with E-state index in [0.29, 0.717) is 0 Å². The van der Waals surface area contributed by atoms with Crippen molar-refractivity contribution < 1.29 is 4.79 Å². The fourth-order valence-corrected chi connectivity index (χ4v) is 0. The molecule has 0 heterocycles. The molecule has 2 heteroatoms. The third kappa shape index (κ3) is 1.93. The van der Waals surface area contributed by atoms with E-state index in [1.165, 1.54) is 5.94 Å². The van der Waals surface area contributed by atoms with E-state index in [1.54, 1.807) is 0 Å². The molecule has 0 aromatic carbocycles. The van der Waals surface area contributed by atoms with E-state index >= 15 is 0 Å². The summed E-state index contributed by atoms with van der Waals surface area (Å²) in [5.41, 5.74) is 0. The van der Waals surface area contributed by atoms with E-state index in [9.17, 15) is 0 Å². The Bertz CT molecular complexity index is 44.0. The van der Waals surface area contributed by atoms with E-state index in [1.807, 2.05) is 0 Å². The summed E-state index contributed by atoms with van der Waals surface area (Å²) in [5.74, 6) is 1.47. The SMILES string of the molecule is O=C=CBr. The molecule has 0 aromatic rings. The second-order valence-electron chi connectivity index (χ2n) is 0.227. The van der Waals surface area contributed by atoms with E-state index in [-0.39, 0.29) is 0 Å². The summed E-state index contributed by atoms with van der Waals surface area (Å²) in [5, 5.41) is 0. The van der Waals surface area contributed by atoms with Gasteiger partial charge in [-0.25, -0.2) is 4.79 Å². The van der Waals surface area contributed by atoms with Crippen molar-refractivity contribution in [1.29, 1.82) is 0 Å². The van der Waals surface area contributed by atoms with Gasteiger partial charge < -0.3 is 0 Å². The first kappa shape index (κ1) is 3.93. The smallest absolute Gasteiger partial charge is 0.131 e. The summed E-state index contributed by atoms with van der Waals surface area (Å²) in [7, 11) is 0. The monoisotopic (exact) mass is 120 g/mol. The van der Waals surface area contributed by atoms with Gasteiger partial charge in [0.1, 0.15) is 5.94 Å². The minimum atomic E-state index is 1.13. The van der Waals surface area contributed by atoms with Crippen molar-refractivity contribution in [3.63, 3.8) is 0 Å². The van der Waals surface area contributed by atoms with Crippen LogP contribution in [0.1, 0.15) is 0 Å². The zero-order valence-electron chi connectivity index (χ0n) is 1.86. The number of rotatable bonds is 0. The van der Waals surface area contributed by atoms with Crippen LogP contribution in [0.3, 0.4) is 0 Å².